The highest BCUT2D eigenvalue weighted by molar-refractivity contribution is 9.10. The zero-order chi connectivity index (χ0) is 14.0. The minimum absolute atomic E-state index is 0.0822. The molecule has 1 aromatic carbocycles. The summed E-state index contributed by atoms with van der Waals surface area (Å²) in [7, 11) is 0. The highest BCUT2D eigenvalue weighted by atomic mass is 79.9. The number of carboxylic acids is 1. The van der Waals surface area contributed by atoms with E-state index in [1.165, 1.54) is 0 Å². The zero-order valence-corrected chi connectivity index (χ0v) is 12.4. The first-order chi connectivity index (χ1) is 8.99. The van der Waals surface area contributed by atoms with E-state index in [0.29, 0.717) is 41.0 Å². The summed E-state index contributed by atoms with van der Waals surface area (Å²) in [6.07, 6.45) is 1.02. The number of carbonyl (C=O) groups excluding carboxylic acids is 1. The molecular weight excluding hydrogens is 334 g/mol. The van der Waals surface area contributed by atoms with E-state index in [-0.39, 0.29) is 11.8 Å². The van der Waals surface area contributed by atoms with Gasteiger partial charge >= 0.3 is 5.97 Å². The maximum absolute atomic E-state index is 12.3. The molecule has 0 bridgehead atoms. The van der Waals surface area contributed by atoms with Gasteiger partial charge < -0.3 is 10.0 Å². The lowest BCUT2D eigenvalue weighted by Crippen LogP contribution is -2.40. The number of piperidine rings is 1. The van der Waals surface area contributed by atoms with Gasteiger partial charge in [0.1, 0.15) is 0 Å². The molecule has 0 aliphatic carbocycles. The Balaban J connectivity index is 2.05. The molecule has 1 saturated heterocycles. The van der Waals surface area contributed by atoms with Crippen LogP contribution in [0.4, 0.5) is 0 Å². The van der Waals surface area contributed by atoms with E-state index in [4.69, 9.17) is 16.7 Å². The van der Waals surface area contributed by atoms with Crippen molar-refractivity contribution >= 4 is 39.4 Å². The number of likely N-dealkylation sites (tertiary alicyclic amines) is 1. The summed E-state index contributed by atoms with van der Waals surface area (Å²) >= 11 is 9.17. The summed E-state index contributed by atoms with van der Waals surface area (Å²) in [5.74, 6) is -1.19. The predicted molar refractivity (Wildman–Crippen MR) is 75.4 cm³/mol. The van der Waals surface area contributed by atoms with Crippen molar-refractivity contribution in [3.8, 4) is 0 Å². The van der Waals surface area contributed by atoms with Gasteiger partial charge in [0.25, 0.3) is 5.91 Å². The van der Waals surface area contributed by atoms with Gasteiger partial charge in [-0.1, -0.05) is 11.6 Å². The van der Waals surface area contributed by atoms with Crippen LogP contribution in [0, 0.1) is 5.92 Å². The molecule has 2 rings (SSSR count). The normalized spacial score (nSPS) is 16.4. The van der Waals surface area contributed by atoms with Crippen LogP contribution in [0.1, 0.15) is 23.2 Å². The van der Waals surface area contributed by atoms with Crippen LogP contribution in [0.3, 0.4) is 0 Å². The Labute approximate surface area is 124 Å². The first-order valence-electron chi connectivity index (χ1n) is 5.96. The van der Waals surface area contributed by atoms with Crippen LogP contribution < -0.4 is 0 Å². The third-order valence-electron chi connectivity index (χ3n) is 3.30. The molecule has 1 aromatic rings. The molecule has 0 radical (unpaired) electrons. The van der Waals surface area contributed by atoms with E-state index in [1.807, 2.05) is 0 Å². The molecule has 1 fully saturated rings. The largest absolute Gasteiger partial charge is 0.481 e. The summed E-state index contributed by atoms with van der Waals surface area (Å²) in [6, 6.07) is 5.04. The smallest absolute Gasteiger partial charge is 0.306 e. The Kier molecular flexibility index (Phi) is 4.47. The molecule has 0 aromatic heterocycles. The number of halogens is 2. The van der Waals surface area contributed by atoms with Gasteiger partial charge in [0.2, 0.25) is 0 Å². The standard InChI is InChI=1S/C13H13BrClNO3/c14-10-7-9(1-2-11(10)15)12(17)16-5-3-8(4-6-16)13(18)19/h1-2,7-8H,3-6H2,(H,18,19). The summed E-state index contributed by atoms with van der Waals surface area (Å²) in [6.45, 7) is 0.964. The van der Waals surface area contributed by atoms with Crippen molar-refractivity contribution in [2.24, 2.45) is 5.92 Å². The Morgan fingerprint density at radius 2 is 1.95 bits per heavy atom. The highest BCUT2D eigenvalue weighted by Crippen LogP contribution is 2.25. The van der Waals surface area contributed by atoms with E-state index >= 15 is 0 Å². The van der Waals surface area contributed by atoms with Gasteiger partial charge in [-0.3, -0.25) is 9.59 Å². The number of amides is 1. The predicted octanol–water partition coefficient (Wildman–Crippen LogP) is 3.04. The Hall–Kier alpha value is -1.07. The number of nitrogens with zero attached hydrogens (tertiary/aromatic N) is 1. The first-order valence-corrected chi connectivity index (χ1v) is 7.13. The quantitative estimate of drug-likeness (QED) is 0.895. The Morgan fingerprint density at radius 3 is 2.47 bits per heavy atom. The van der Waals surface area contributed by atoms with Gasteiger partial charge in [0.15, 0.2) is 0 Å². The summed E-state index contributed by atoms with van der Waals surface area (Å²) in [4.78, 5) is 24.8. The third kappa shape index (κ3) is 3.28. The second-order valence-corrected chi connectivity index (χ2v) is 5.80. The minimum Gasteiger partial charge on any atom is -0.481 e. The lowest BCUT2D eigenvalue weighted by atomic mass is 9.96. The summed E-state index contributed by atoms with van der Waals surface area (Å²) in [5.41, 5.74) is 0.560. The molecule has 1 N–H and O–H groups in total. The van der Waals surface area contributed by atoms with Gasteiger partial charge in [-0.05, 0) is 47.0 Å². The molecule has 0 unspecified atom stereocenters. The van der Waals surface area contributed by atoms with Crippen LogP contribution in [0.5, 0.6) is 0 Å². The van der Waals surface area contributed by atoms with Crippen molar-refractivity contribution in [2.75, 3.05) is 13.1 Å². The van der Waals surface area contributed by atoms with Crippen LogP contribution in [0.2, 0.25) is 5.02 Å². The number of rotatable bonds is 2. The van der Waals surface area contributed by atoms with Crippen LogP contribution >= 0.6 is 27.5 Å². The SMILES string of the molecule is O=C(O)C1CCN(C(=O)c2ccc(Cl)c(Br)c2)CC1. The fourth-order valence-corrected chi connectivity index (χ4v) is 2.64. The number of hydrogen-bond donors (Lipinski definition) is 1. The van der Waals surface area contributed by atoms with E-state index in [0.717, 1.165) is 0 Å². The average Bonchev–Trinajstić information content (AvgIpc) is 2.41. The van der Waals surface area contributed by atoms with Crippen molar-refractivity contribution in [2.45, 2.75) is 12.8 Å². The van der Waals surface area contributed by atoms with Crippen molar-refractivity contribution in [3.05, 3.63) is 33.3 Å². The summed E-state index contributed by atoms with van der Waals surface area (Å²) < 4.78 is 0.681. The van der Waals surface area contributed by atoms with Crippen molar-refractivity contribution < 1.29 is 14.7 Å². The highest BCUT2D eigenvalue weighted by Gasteiger charge is 2.27. The second-order valence-electron chi connectivity index (χ2n) is 4.53. The topological polar surface area (TPSA) is 57.6 Å². The van der Waals surface area contributed by atoms with E-state index in [2.05, 4.69) is 15.9 Å². The first kappa shape index (κ1) is 14.3. The molecule has 1 aliphatic heterocycles. The Morgan fingerprint density at radius 1 is 1.32 bits per heavy atom. The molecule has 1 amide bonds. The van der Waals surface area contributed by atoms with Crippen LogP contribution in [-0.2, 0) is 4.79 Å². The number of carbonyl (C=O) groups is 2. The maximum atomic E-state index is 12.3. The molecule has 0 saturated carbocycles. The molecule has 4 nitrogen and oxygen atoms in total. The van der Waals surface area contributed by atoms with Crippen molar-refractivity contribution in [3.63, 3.8) is 0 Å². The molecule has 102 valence electrons. The van der Waals surface area contributed by atoms with Gasteiger partial charge in [0, 0.05) is 23.1 Å². The second kappa shape index (κ2) is 5.92. The van der Waals surface area contributed by atoms with E-state index < -0.39 is 5.97 Å². The number of hydrogen-bond acceptors (Lipinski definition) is 2. The lowest BCUT2D eigenvalue weighted by molar-refractivity contribution is -0.143. The molecule has 0 spiro atoms. The fraction of sp³-hybridized carbons (Fsp3) is 0.385. The zero-order valence-electron chi connectivity index (χ0n) is 10.1. The number of carboxylic acid groups (broad SMARTS) is 1. The fourth-order valence-electron chi connectivity index (χ4n) is 2.14. The van der Waals surface area contributed by atoms with Gasteiger partial charge in [-0.25, -0.2) is 0 Å². The van der Waals surface area contributed by atoms with Gasteiger partial charge in [0.05, 0.1) is 10.9 Å². The maximum Gasteiger partial charge on any atom is 0.306 e. The summed E-state index contributed by atoms with van der Waals surface area (Å²) in [5, 5.41) is 9.48. The van der Waals surface area contributed by atoms with Gasteiger partial charge in [-0.2, -0.15) is 0 Å². The van der Waals surface area contributed by atoms with Crippen LogP contribution in [0.15, 0.2) is 22.7 Å². The van der Waals surface area contributed by atoms with E-state index in [9.17, 15) is 9.59 Å². The van der Waals surface area contributed by atoms with Gasteiger partial charge in [-0.15, -0.1) is 0 Å². The Bertz CT molecular complexity index is 513. The molecule has 1 heterocycles. The van der Waals surface area contributed by atoms with Crippen molar-refractivity contribution in [1.29, 1.82) is 0 Å². The van der Waals surface area contributed by atoms with Crippen LogP contribution in [0.25, 0.3) is 0 Å². The lowest BCUT2D eigenvalue weighted by Gasteiger charge is -2.30. The number of aliphatic carboxylic acids is 1. The average molecular weight is 347 g/mol. The van der Waals surface area contributed by atoms with E-state index in [1.54, 1.807) is 23.1 Å². The molecule has 6 heteroatoms. The van der Waals surface area contributed by atoms with Crippen LogP contribution in [-0.4, -0.2) is 35.0 Å². The molecular formula is C13H13BrClNO3. The monoisotopic (exact) mass is 345 g/mol. The van der Waals surface area contributed by atoms with Crippen molar-refractivity contribution in [1.82, 2.24) is 4.90 Å². The minimum atomic E-state index is -0.777. The molecule has 1 aliphatic rings. The third-order valence-corrected chi connectivity index (χ3v) is 4.51. The molecule has 19 heavy (non-hydrogen) atoms. The number of benzene rings is 1. The molecule has 0 atom stereocenters.